The lowest BCUT2D eigenvalue weighted by Crippen LogP contribution is -2.12. The smallest absolute Gasteiger partial charge is 0.255 e. The molecular weight excluding hydrogens is 297 g/mol. The van der Waals surface area contributed by atoms with Gasteiger partial charge in [-0.2, -0.15) is 0 Å². The highest BCUT2D eigenvalue weighted by molar-refractivity contribution is 6.44. The summed E-state index contributed by atoms with van der Waals surface area (Å²) in [7, 11) is 0. The number of anilines is 1. The highest BCUT2D eigenvalue weighted by atomic mass is 35.5. The number of hydrogen-bond acceptors (Lipinski definition) is 2. The second-order valence-electron chi connectivity index (χ2n) is 4.02. The van der Waals surface area contributed by atoms with Gasteiger partial charge in [-0.15, -0.1) is 0 Å². The minimum Gasteiger partial charge on any atom is -0.494 e. The minimum atomic E-state index is -0.268. The van der Waals surface area contributed by atoms with E-state index in [1.165, 1.54) is 0 Å². The number of benzene rings is 2. The van der Waals surface area contributed by atoms with E-state index in [4.69, 9.17) is 27.9 Å². The molecule has 2 aromatic rings. The molecule has 104 valence electrons. The number of rotatable bonds is 4. The van der Waals surface area contributed by atoms with Crippen molar-refractivity contribution in [2.75, 3.05) is 11.9 Å². The Labute approximate surface area is 127 Å². The van der Waals surface area contributed by atoms with Crippen molar-refractivity contribution in [1.82, 2.24) is 0 Å². The normalized spacial score (nSPS) is 10.2. The van der Waals surface area contributed by atoms with Crippen LogP contribution in [-0.4, -0.2) is 12.5 Å². The van der Waals surface area contributed by atoms with Crippen LogP contribution in [0.25, 0.3) is 0 Å². The molecule has 0 aliphatic rings. The molecule has 2 rings (SSSR count). The second kappa shape index (κ2) is 6.64. The van der Waals surface area contributed by atoms with E-state index < -0.39 is 0 Å². The monoisotopic (exact) mass is 309 g/mol. The van der Waals surface area contributed by atoms with Crippen molar-refractivity contribution in [3.63, 3.8) is 0 Å². The van der Waals surface area contributed by atoms with Crippen LogP contribution in [0.3, 0.4) is 0 Å². The standard InChI is InChI=1S/C15H13Cl2NO2/c1-2-20-11-6-3-5-10(9-11)15(19)18-13-8-4-7-12(16)14(13)17/h3-9H,2H2,1H3,(H,18,19). The zero-order valence-corrected chi connectivity index (χ0v) is 12.3. The fraction of sp³-hybridized carbons (Fsp3) is 0.133. The zero-order chi connectivity index (χ0) is 14.5. The molecule has 0 heterocycles. The average Bonchev–Trinajstić information content (AvgIpc) is 2.44. The molecule has 20 heavy (non-hydrogen) atoms. The molecule has 1 N–H and O–H groups in total. The van der Waals surface area contributed by atoms with Crippen molar-refractivity contribution < 1.29 is 9.53 Å². The van der Waals surface area contributed by atoms with Gasteiger partial charge < -0.3 is 10.1 Å². The lowest BCUT2D eigenvalue weighted by atomic mass is 10.2. The predicted molar refractivity (Wildman–Crippen MR) is 82.0 cm³/mol. The maximum atomic E-state index is 12.2. The maximum Gasteiger partial charge on any atom is 0.255 e. The molecular formula is C15H13Cl2NO2. The molecule has 0 unspecified atom stereocenters. The summed E-state index contributed by atoms with van der Waals surface area (Å²) < 4.78 is 5.36. The number of carbonyl (C=O) groups excluding carboxylic acids is 1. The Hall–Kier alpha value is -1.71. The number of hydrogen-bond donors (Lipinski definition) is 1. The van der Waals surface area contributed by atoms with E-state index in [2.05, 4.69) is 5.32 Å². The number of ether oxygens (including phenoxy) is 1. The summed E-state index contributed by atoms with van der Waals surface area (Å²) in [5, 5.41) is 3.44. The molecule has 2 aromatic carbocycles. The summed E-state index contributed by atoms with van der Waals surface area (Å²) in [4.78, 5) is 12.2. The lowest BCUT2D eigenvalue weighted by molar-refractivity contribution is 0.102. The van der Waals surface area contributed by atoms with E-state index in [0.29, 0.717) is 33.7 Å². The third kappa shape index (κ3) is 3.44. The largest absolute Gasteiger partial charge is 0.494 e. The van der Waals surface area contributed by atoms with Crippen LogP contribution in [0, 0.1) is 0 Å². The van der Waals surface area contributed by atoms with Crippen LogP contribution in [0.15, 0.2) is 42.5 Å². The van der Waals surface area contributed by atoms with Gasteiger partial charge in [-0.25, -0.2) is 0 Å². The third-order valence-electron chi connectivity index (χ3n) is 2.61. The van der Waals surface area contributed by atoms with Gasteiger partial charge in [-0.05, 0) is 37.3 Å². The van der Waals surface area contributed by atoms with Crippen molar-refractivity contribution in [2.24, 2.45) is 0 Å². The van der Waals surface area contributed by atoms with Gasteiger partial charge in [0.1, 0.15) is 5.75 Å². The van der Waals surface area contributed by atoms with Gasteiger partial charge >= 0.3 is 0 Å². The van der Waals surface area contributed by atoms with Gasteiger partial charge in [0.2, 0.25) is 0 Å². The van der Waals surface area contributed by atoms with Crippen LogP contribution in [-0.2, 0) is 0 Å². The molecule has 1 amide bonds. The quantitative estimate of drug-likeness (QED) is 0.893. The molecule has 0 aromatic heterocycles. The Morgan fingerprint density at radius 1 is 1.20 bits per heavy atom. The van der Waals surface area contributed by atoms with Crippen LogP contribution in [0.4, 0.5) is 5.69 Å². The van der Waals surface area contributed by atoms with E-state index in [0.717, 1.165) is 0 Å². The first-order valence-electron chi connectivity index (χ1n) is 6.10. The van der Waals surface area contributed by atoms with E-state index >= 15 is 0 Å². The fourth-order valence-corrected chi connectivity index (χ4v) is 2.04. The minimum absolute atomic E-state index is 0.268. The molecule has 0 radical (unpaired) electrons. The summed E-state index contributed by atoms with van der Waals surface area (Å²) >= 11 is 11.9. The van der Waals surface area contributed by atoms with Crippen molar-refractivity contribution >= 4 is 34.8 Å². The van der Waals surface area contributed by atoms with E-state index in [1.54, 1.807) is 42.5 Å². The van der Waals surface area contributed by atoms with Crippen LogP contribution >= 0.6 is 23.2 Å². The molecule has 0 atom stereocenters. The van der Waals surface area contributed by atoms with Crippen molar-refractivity contribution in [1.29, 1.82) is 0 Å². The van der Waals surface area contributed by atoms with Crippen molar-refractivity contribution in [2.45, 2.75) is 6.92 Å². The van der Waals surface area contributed by atoms with Gasteiger partial charge in [0.25, 0.3) is 5.91 Å². The number of amides is 1. The third-order valence-corrected chi connectivity index (χ3v) is 3.43. The van der Waals surface area contributed by atoms with Crippen LogP contribution in [0.1, 0.15) is 17.3 Å². The van der Waals surface area contributed by atoms with Crippen LogP contribution in [0.5, 0.6) is 5.75 Å². The Bertz CT molecular complexity index is 629. The Morgan fingerprint density at radius 3 is 2.70 bits per heavy atom. The molecule has 0 saturated carbocycles. The highest BCUT2D eigenvalue weighted by Gasteiger charge is 2.10. The van der Waals surface area contributed by atoms with Gasteiger partial charge in [-0.3, -0.25) is 4.79 Å². The first-order valence-corrected chi connectivity index (χ1v) is 6.85. The maximum absolute atomic E-state index is 12.2. The number of nitrogens with one attached hydrogen (secondary N) is 1. The summed E-state index contributed by atoms with van der Waals surface area (Å²) in [5.41, 5.74) is 0.970. The first kappa shape index (κ1) is 14.7. The molecule has 5 heteroatoms. The summed E-state index contributed by atoms with van der Waals surface area (Å²) in [6, 6.07) is 12.0. The van der Waals surface area contributed by atoms with Gasteiger partial charge in [-0.1, -0.05) is 35.3 Å². The summed E-state index contributed by atoms with van der Waals surface area (Å²) in [5.74, 6) is 0.382. The fourth-order valence-electron chi connectivity index (χ4n) is 1.69. The van der Waals surface area contributed by atoms with Crippen LogP contribution in [0.2, 0.25) is 10.0 Å². The molecule has 0 fully saturated rings. The Kier molecular flexibility index (Phi) is 4.88. The molecule has 0 aliphatic carbocycles. The molecule has 0 saturated heterocycles. The summed E-state index contributed by atoms with van der Waals surface area (Å²) in [6.45, 7) is 2.43. The van der Waals surface area contributed by atoms with Crippen LogP contribution < -0.4 is 10.1 Å². The highest BCUT2D eigenvalue weighted by Crippen LogP contribution is 2.29. The van der Waals surface area contributed by atoms with Gasteiger partial charge in [0.05, 0.1) is 22.3 Å². The van der Waals surface area contributed by atoms with Gasteiger partial charge in [0, 0.05) is 5.56 Å². The molecule has 0 spiro atoms. The Balaban J connectivity index is 2.19. The molecule has 3 nitrogen and oxygen atoms in total. The predicted octanol–water partition coefficient (Wildman–Crippen LogP) is 4.64. The second-order valence-corrected chi connectivity index (χ2v) is 4.80. The number of halogens is 2. The van der Waals surface area contributed by atoms with Gasteiger partial charge in [0.15, 0.2) is 0 Å². The SMILES string of the molecule is CCOc1cccc(C(=O)Nc2cccc(Cl)c2Cl)c1. The summed E-state index contributed by atoms with van der Waals surface area (Å²) in [6.07, 6.45) is 0. The van der Waals surface area contributed by atoms with Crippen molar-refractivity contribution in [3.05, 3.63) is 58.1 Å². The topological polar surface area (TPSA) is 38.3 Å². The Morgan fingerprint density at radius 2 is 1.95 bits per heavy atom. The van der Waals surface area contributed by atoms with E-state index in [9.17, 15) is 4.79 Å². The first-order chi connectivity index (χ1) is 9.61. The molecule has 0 aliphatic heterocycles. The van der Waals surface area contributed by atoms with E-state index in [1.807, 2.05) is 6.92 Å². The number of carbonyl (C=O) groups is 1. The van der Waals surface area contributed by atoms with Crippen molar-refractivity contribution in [3.8, 4) is 5.75 Å². The zero-order valence-electron chi connectivity index (χ0n) is 10.8. The molecule has 0 bridgehead atoms. The average molecular weight is 310 g/mol. The van der Waals surface area contributed by atoms with E-state index in [-0.39, 0.29) is 5.91 Å². The lowest BCUT2D eigenvalue weighted by Gasteiger charge is -2.09.